The van der Waals surface area contributed by atoms with Crippen LogP contribution in [-0.4, -0.2) is 18.6 Å². The summed E-state index contributed by atoms with van der Waals surface area (Å²) in [5.41, 5.74) is 2.69. The molecule has 2 nitrogen and oxygen atoms in total. The minimum Gasteiger partial charge on any atom is -0.382 e. The zero-order valence-corrected chi connectivity index (χ0v) is 11.3. The van der Waals surface area contributed by atoms with Crippen molar-refractivity contribution in [3.63, 3.8) is 0 Å². The van der Waals surface area contributed by atoms with Crippen LogP contribution in [0.25, 0.3) is 0 Å². The fraction of sp³-hybridized carbons (Fsp3) is 0.625. The van der Waals surface area contributed by atoms with Crippen LogP contribution >= 0.6 is 0 Å². The maximum atomic E-state index is 3.80. The molecule has 98 valence electrons. The maximum Gasteiger partial charge on any atom is 0.0372 e. The van der Waals surface area contributed by atoms with E-state index in [1.54, 1.807) is 0 Å². The minimum absolute atomic E-state index is 0.668. The Morgan fingerprint density at radius 2 is 2.00 bits per heavy atom. The molecule has 18 heavy (non-hydrogen) atoms. The quantitative estimate of drug-likeness (QED) is 0.852. The Bertz CT molecular complexity index is 396. The molecule has 3 rings (SSSR count). The van der Waals surface area contributed by atoms with E-state index in [1.165, 1.54) is 49.9 Å². The molecule has 0 amide bonds. The Balaban J connectivity index is 1.69. The molecule has 1 aliphatic carbocycles. The van der Waals surface area contributed by atoms with Gasteiger partial charge in [0.15, 0.2) is 0 Å². The second-order valence-electron chi connectivity index (χ2n) is 5.86. The largest absolute Gasteiger partial charge is 0.382 e. The molecule has 2 heteroatoms. The Labute approximate surface area is 110 Å². The summed E-state index contributed by atoms with van der Waals surface area (Å²) in [6, 6.07) is 10.1. The molecule has 1 aliphatic heterocycles. The summed E-state index contributed by atoms with van der Waals surface area (Å²) >= 11 is 0. The van der Waals surface area contributed by atoms with Crippen molar-refractivity contribution in [3.05, 3.63) is 29.8 Å². The smallest absolute Gasteiger partial charge is 0.0372 e. The molecule has 1 saturated heterocycles. The second kappa shape index (κ2) is 5.31. The number of benzene rings is 1. The summed E-state index contributed by atoms with van der Waals surface area (Å²) < 4.78 is 0. The standard InChI is InChI=1S/C16H24N2/c1-12-6-2-3-8-14(12)18-16-9-4-7-13(16)15-10-5-11-17-15/h2-3,6,8,13,15-18H,4-5,7,9-11H2,1H3. The van der Waals surface area contributed by atoms with Crippen molar-refractivity contribution in [1.29, 1.82) is 0 Å². The number of aryl methyl sites for hydroxylation is 1. The van der Waals surface area contributed by atoms with Gasteiger partial charge in [-0.2, -0.15) is 0 Å². The van der Waals surface area contributed by atoms with Gasteiger partial charge in [-0.15, -0.1) is 0 Å². The Hall–Kier alpha value is -1.02. The lowest BCUT2D eigenvalue weighted by Gasteiger charge is -2.28. The van der Waals surface area contributed by atoms with Crippen molar-refractivity contribution in [1.82, 2.24) is 5.32 Å². The van der Waals surface area contributed by atoms with Gasteiger partial charge in [-0.05, 0) is 56.7 Å². The predicted octanol–water partition coefficient (Wildman–Crippen LogP) is 3.33. The number of hydrogen-bond acceptors (Lipinski definition) is 2. The Morgan fingerprint density at radius 3 is 2.78 bits per heavy atom. The lowest BCUT2D eigenvalue weighted by atomic mass is 9.93. The van der Waals surface area contributed by atoms with Gasteiger partial charge in [0.05, 0.1) is 0 Å². The highest BCUT2D eigenvalue weighted by Crippen LogP contribution is 2.34. The topological polar surface area (TPSA) is 24.1 Å². The van der Waals surface area contributed by atoms with Gasteiger partial charge in [-0.3, -0.25) is 0 Å². The summed E-state index contributed by atoms with van der Waals surface area (Å²) in [5.74, 6) is 0.826. The van der Waals surface area contributed by atoms with Crippen molar-refractivity contribution in [2.24, 2.45) is 5.92 Å². The third kappa shape index (κ3) is 2.39. The van der Waals surface area contributed by atoms with Crippen molar-refractivity contribution in [2.75, 3.05) is 11.9 Å². The highest BCUT2D eigenvalue weighted by atomic mass is 15.0. The van der Waals surface area contributed by atoms with E-state index in [-0.39, 0.29) is 0 Å². The minimum atomic E-state index is 0.668. The molecule has 1 heterocycles. The van der Waals surface area contributed by atoms with Crippen molar-refractivity contribution in [2.45, 2.75) is 51.1 Å². The van der Waals surface area contributed by atoms with Gasteiger partial charge >= 0.3 is 0 Å². The summed E-state index contributed by atoms with van der Waals surface area (Å²) in [5, 5.41) is 7.49. The molecule has 0 aromatic heterocycles. The molecule has 1 aromatic rings. The fourth-order valence-corrected chi connectivity index (χ4v) is 3.66. The second-order valence-corrected chi connectivity index (χ2v) is 5.86. The van der Waals surface area contributed by atoms with Gasteiger partial charge in [-0.1, -0.05) is 24.6 Å². The van der Waals surface area contributed by atoms with Crippen LogP contribution in [0.15, 0.2) is 24.3 Å². The van der Waals surface area contributed by atoms with E-state index in [0.717, 1.165) is 12.0 Å². The highest BCUT2D eigenvalue weighted by Gasteiger charge is 2.34. The highest BCUT2D eigenvalue weighted by molar-refractivity contribution is 5.51. The average molecular weight is 244 g/mol. The number of para-hydroxylation sites is 1. The Morgan fingerprint density at radius 1 is 1.11 bits per heavy atom. The number of nitrogens with one attached hydrogen (secondary N) is 2. The van der Waals surface area contributed by atoms with Gasteiger partial charge in [-0.25, -0.2) is 0 Å². The van der Waals surface area contributed by atoms with E-state index < -0.39 is 0 Å². The molecular weight excluding hydrogens is 220 g/mol. The molecule has 1 saturated carbocycles. The van der Waals surface area contributed by atoms with Crippen LogP contribution < -0.4 is 10.6 Å². The van der Waals surface area contributed by atoms with E-state index in [0.29, 0.717) is 6.04 Å². The maximum absolute atomic E-state index is 3.80. The summed E-state index contributed by atoms with van der Waals surface area (Å²) in [6.45, 7) is 3.42. The molecule has 0 bridgehead atoms. The summed E-state index contributed by atoms with van der Waals surface area (Å²) in [6.07, 6.45) is 6.83. The first kappa shape index (κ1) is 12.0. The zero-order chi connectivity index (χ0) is 12.4. The van der Waals surface area contributed by atoms with Gasteiger partial charge in [0.1, 0.15) is 0 Å². The normalized spacial score (nSPS) is 31.7. The van der Waals surface area contributed by atoms with Gasteiger partial charge in [0.2, 0.25) is 0 Å². The van der Waals surface area contributed by atoms with Gasteiger partial charge in [0.25, 0.3) is 0 Å². The third-order valence-corrected chi connectivity index (χ3v) is 4.67. The molecule has 0 spiro atoms. The van der Waals surface area contributed by atoms with Crippen LogP contribution in [0, 0.1) is 12.8 Å². The zero-order valence-electron chi connectivity index (χ0n) is 11.3. The van der Waals surface area contributed by atoms with Crippen LogP contribution in [0.3, 0.4) is 0 Å². The van der Waals surface area contributed by atoms with Crippen LogP contribution in [0.2, 0.25) is 0 Å². The monoisotopic (exact) mass is 244 g/mol. The van der Waals surface area contributed by atoms with Crippen molar-refractivity contribution in [3.8, 4) is 0 Å². The van der Waals surface area contributed by atoms with Crippen LogP contribution in [0.4, 0.5) is 5.69 Å². The number of hydrogen-bond donors (Lipinski definition) is 2. The van der Waals surface area contributed by atoms with Crippen LogP contribution in [0.5, 0.6) is 0 Å². The predicted molar refractivity (Wildman–Crippen MR) is 77.0 cm³/mol. The molecule has 1 aromatic carbocycles. The molecule has 0 radical (unpaired) electrons. The summed E-state index contributed by atoms with van der Waals surface area (Å²) in [7, 11) is 0. The van der Waals surface area contributed by atoms with E-state index in [2.05, 4.69) is 41.8 Å². The molecule has 3 atom stereocenters. The Kier molecular flexibility index (Phi) is 3.55. The lowest BCUT2D eigenvalue weighted by molar-refractivity contribution is 0.376. The van der Waals surface area contributed by atoms with E-state index >= 15 is 0 Å². The van der Waals surface area contributed by atoms with Crippen molar-refractivity contribution >= 4 is 5.69 Å². The number of anilines is 1. The first-order valence-electron chi connectivity index (χ1n) is 7.40. The van der Waals surface area contributed by atoms with Crippen molar-refractivity contribution < 1.29 is 0 Å². The molecular formula is C16H24N2. The SMILES string of the molecule is Cc1ccccc1NC1CCCC1C1CCCN1. The van der Waals surface area contributed by atoms with Crippen LogP contribution in [-0.2, 0) is 0 Å². The number of rotatable bonds is 3. The van der Waals surface area contributed by atoms with Crippen LogP contribution in [0.1, 0.15) is 37.7 Å². The summed E-state index contributed by atoms with van der Waals surface area (Å²) in [4.78, 5) is 0. The average Bonchev–Trinajstić information content (AvgIpc) is 3.02. The van der Waals surface area contributed by atoms with Gasteiger partial charge < -0.3 is 10.6 Å². The lowest BCUT2D eigenvalue weighted by Crippen LogP contribution is -2.38. The van der Waals surface area contributed by atoms with E-state index in [1.807, 2.05) is 0 Å². The molecule has 2 aliphatic rings. The molecule has 3 unspecified atom stereocenters. The first-order chi connectivity index (χ1) is 8.84. The van der Waals surface area contributed by atoms with Gasteiger partial charge in [0, 0.05) is 17.8 Å². The van der Waals surface area contributed by atoms with E-state index in [9.17, 15) is 0 Å². The molecule has 2 fully saturated rings. The van der Waals surface area contributed by atoms with E-state index in [4.69, 9.17) is 0 Å². The fourth-order valence-electron chi connectivity index (χ4n) is 3.66. The third-order valence-electron chi connectivity index (χ3n) is 4.67. The molecule has 2 N–H and O–H groups in total. The first-order valence-corrected chi connectivity index (χ1v) is 7.40.